The summed E-state index contributed by atoms with van der Waals surface area (Å²) in [6, 6.07) is 0.0955. The lowest BCUT2D eigenvalue weighted by Gasteiger charge is -2.31. The molecule has 2 heterocycles. The fourth-order valence-electron chi connectivity index (χ4n) is 1.69. The van der Waals surface area contributed by atoms with Crippen LogP contribution in [0.5, 0.6) is 0 Å². The Morgan fingerprint density at radius 2 is 2.23 bits per heavy atom. The zero-order valence-corrected chi connectivity index (χ0v) is 7.79. The molecule has 2 rings (SSSR count). The first-order valence-corrected chi connectivity index (χ1v) is 4.98. The Kier molecular flexibility index (Phi) is 2.80. The van der Waals surface area contributed by atoms with Gasteiger partial charge in [0.2, 0.25) is 5.91 Å². The maximum Gasteiger partial charge on any atom is 0.239 e. The summed E-state index contributed by atoms with van der Waals surface area (Å²) in [6.45, 7) is 4.09. The van der Waals surface area contributed by atoms with Crippen molar-refractivity contribution < 1.29 is 9.53 Å². The molecule has 2 aliphatic heterocycles. The number of rotatable bonds is 1. The van der Waals surface area contributed by atoms with Crippen LogP contribution in [0.4, 0.5) is 0 Å². The van der Waals surface area contributed by atoms with E-state index in [9.17, 15) is 4.79 Å². The van der Waals surface area contributed by atoms with E-state index < -0.39 is 0 Å². The van der Waals surface area contributed by atoms with Crippen molar-refractivity contribution in [3.05, 3.63) is 0 Å². The van der Waals surface area contributed by atoms with E-state index in [1.165, 1.54) is 0 Å². The van der Waals surface area contributed by atoms with E-state index in [0.29, 0.717) is 6.61 Å². The molecule has 0 radical (unpaired) electrons. The first kappa shape index (κ1) is 8.97. The average molecular weight is 184 g/mol. The first-order valence-electron chi connectivity index (χ1n) is 4.98. The Morgan fingerprint density at radius 1 is 1.38 bits per heavy atom. The monoisotopic (exact) mass is 184 g/mol. The van der Waals surface area contributed by atoms with Gasteiger partial charge in [0, 0.05) is 19.7 Å². The Labute approximate surface area is 78.2 Å². The fraction of sp³-hybridized carbons (Fsp3) is 0.889. The third-order valence-electron chi connectivity index (χ3n) is 2.66. The molecule has 4 heteroatoms. The van der Waals surface area contributed by atoms with Crippen molar-refractivity contribution in [3.63, 3.8) is 0 Å². The highest BCUT2D eigenvalue weighted by molar-refractivity contribution is 5.82. The minimum Gasteiger partial charge on any atom is -0.380 e. The number of carbonyl (C=O) groups excluding carboxylic acids is 1. The van der Waals surface area contributed by atoms with Gasteiger partial charge in [-0.05, 0) is 19.4 Å². The van der Waals surface area contributed by atoms with Crippen molar-refractivity contribution in [2.75, 3.05) is 32.8 Å². The standard InChI is InChI=1S/C9H16N2O2/c12-9(8-2-3-10-8)11-4-1-6-13-7-5-11/h8,10H,1-7H2/t8-/m1/s1. The second kappa shape index (κ2) is 4.07. The molecule has 0 aromatic heterocycles. The van der Waals surface area contributed by atoms with E-state index in [1.807, 2.05) is 4.90 Å². The Hall–Kier alpha value is -0.610. The second-order valence-corrected chi connectivity index (χ2v) is 3.59. The van der Waals surface area contributed by atoms with Crippen LogP contribution in [-0.2, 0) is 9.53 Å². The van der Waals surface area contributed by atoms with E-state index in [-0.39, 0.29) is 11.9 Å². The SMILES string of the molecule is O=C([C@H]1CCN1)N1CCCOCC1. The van der Waals surface area contributed by atoms with Crippen molar-refractivity contribution in [2.24, 2.45) is 0 Å². The van der Waals surface area contributed by atoms with E-state index in [1.54, 1.807) is 0 Å². The third-order valence-corrected chi connectivity index (χ3v) is 2.66. The van der Waals surface area contributed by atoms with Crippen molar-refractivity contribution >= 4 is 5.91 Å². The van der Waals surface area contributed by atoms with Gasteiger partial charge in [0.1, 0.15) is 0 Å². The molecule has 2 fully saturated rings. The highest BCUT2D eigenvalue weighted by atomic mass is 16.5. The number of ether oxygens (including phenoxy) is 1. The van der Waals surface area contributed by atoms with Crippen LogP contribution in [0.15, 0.2) is 0 Å². The van der Waals surface area contributed by atoms with Gasteiger partial charge in [-0.2, -0.15) is 0 Å². The predicted molar refractivity (Wildman–Crippen MR) is 48.4 cm³/mol. The molecule has 0 aromatic rings. The number of hydrogen-bond acceptors (Lipinski definition) is 3. The highest BCUT2D eigenvalue weighted by Gasteiger charge is 2.28. The van der Waals surface area contributed by atoms with Crippen LogP contribution in [0.2, 0.25) is 0 Å². The minimum absolute atomic E-state index is 0.0955. The molecule has 0 bridgehead atoms. The Balaban J connectivity index is 1.85. The maximum atomic E-state index is 11.7. The topological polar surface area (TPSA) is 41.6 Å². The highest BCUT2D eigenvalue weighted by Crippen LogP contribution is 2.08. The van der Waals surface area contributed by atoms with Crippen molar-refractivity contribution in [3.8, 4) is 0 Å². The van der Waals surface area contributed by atoms with Crippen LogP contribution in [0.3, 0.4) is 0 Å². The summed E-state index contributed by atoms with van der Waals surface area (Å²) in [5.74, 6) is 0.261. The van der Waals surface area contributed by atoms with Gasteiger partial charge in [-0.25, -0.2) is 0 Å². The van der Waals surface area contributed by atoms with Crippen LogP contribution in [0.1, 0.15) is 12.8 Å². The Morgan fingerprint density at radius 3 is 2.92 bits per heavy atom. The normalized spacial score (nSPS) is 29.2. The summed E-state index contributed by atoms with van der Waals surface area (Å²) < 4.78 is 5.29. The molecule has 0 aromatic carbocycles. The lowest BCUT2D eigenvalue weighted by atomic mass is 10.1. The molecule has 0 spiro atoms. The van der Waals surface area contributed by atoms with Crippen LogP contribution in [0, 0.1) is 0 Å². The summed E-state index contributed by atoms with van der Waals surface area (Å²) >= 11 is 0. The lowest BCUT2D eigenvalue weighted by molar-refractivity contribution is -0.135. The smallest absolute Gasteiger partial charge is 0.239 e. The van der Waals surface area contributed by atoms with Gasteiger partial charge in [0.15, 0.2) is 0 Å². The van der Waals surface area contributed by atoms with Gasteiger partial charge in [0.05, 0.1) is 12.6 Å². The molecule has 1 N–H and O–H groups in total. The van der Waals surface area contributed by atoms with Crippen LogP contribution < -0.4 is 5.32 Å². The molecule has 1 atom stereocenters. The quantitative estimate of drug-likeness (QED) is 0.603. The van der Waals surface area contributed by atoms with Gasteiger partial charge < -0.3 is 15.0 Å². The van der Waals surface area contributed by atoms with Crippen molar-refractivity contribution in [2.45, 2.75) is 18.9 Å². The average Bonchev–Trinajstić information content (AvgIpc) is 2.27. The zero-order chi connectivity index (χ0) is 9.10. The van der Waals surface area contributed by atoms with E-state index in [0.717, 1.165) is 39.1 Å². The van der Waals surface area contributed by atoms with Gasteiger partial charge in [-0.3, -0.25) is 4.79 Å². The van der Waals surface area contributed by atoms with Gasteiger partial charge in [-0.15, -0.1) is 0 Å². The number of hydrogen-bond donors (Lipinski definition) is 1. The van der Waals surface area contributed by atoms with Crippen molar-refractivity contribution in [1.82, 2.24) is 10.2 Å². The minimum atomic E-state index is 0.0955. The molecule has 0 aliphatic carbocycles. The molecule has 13 heavy (non-hydrogen) atoms. The Bertz CT molecular complexity index is 184. The fourth-order valence-corrected chi connectivity index (χ4v) is 1.69. The molecule has 4 nitrogen and oxygen atoms in total. The van der Waals surface area contributed by atoms with Gasteiger partial charge >= 0.3 is 0 Å². The largest absolute Gasteiger partial charge is 0.380 e. The number of nitrogens with zero attached hydrogens (tertiary/aromatic N) is 1. The summed E-state index contributed by atoms with van der Waals surface area (Å²) in [4.78, 5) is 13.7. The molecule has 74 valence electrons. The summed E-state index contributed by atoms with van der Waals surface area (Å²) in [6.07, 6.45) is 1.97. The van der Waals surface area contributed by atoms with Crippen LogP contribution >= 0.6 is 0 Å². The number of amides is 1. The third kappa shape index (κ3) is 2.00. The summed E-state index contributed by atoms with van der Waals surface area (Å²) in [5.41, 5.74) is 0. The molecule has 0 saturated carbocycles. The number of carbonyl (C=O) groups is 1. The predicted octanol–water partition coefficient (Wildman–Crippen LogP) is -0.403. The van der Waals surface area contributed by atoms with Crippen molar-refractivity contribution in [1.29, 1.82) is 0 Å². The van der Waals surface area contributed by atoms with E-state index >= 15 is 0 Å². The summed E-state index contributed by atoms with van der Waals surface area (Å²) in [5, 5.41) is 3.13. The second-order valence-electron chi connectivity index (χ2n) is 3.59. The first-order chi connectivity index (χ1) is 6.38. The molecule has 1 amide bonds. The van der Waals surface area contributed by atoms with E-state index in [2.05, 4.69) is 5.32 Å². The number of nitrogens with one attached hydrogen (secondary N) is 1. The molecular weight excluding hydrogens is 168 g/mol. The molecule has 0 unspecified atom stereocenters. The van der Waals surface area contributed by atoms with Crippen LogP contribution in [0.25, 0.3) is 0 Å². The van der Waals surface area contributed by atoms with Crippen LogP contribution in [-0.4, -0.2) is 49.7 Å². The zero-order valence-electron chi connectivity index (χ0n) is 7.79. The van der Waals surface area contributed by atoms with Gasteiger partial charge in [0.25, 0.3) is 0 Å². The lowest BCUT2D eigenvalue weighted by Crippen LogP contribution is -2.54. The molecular formula is C9H16N2O2. The molecule has 2 saturated heterocycles. The van der Waals surface area contributed by atoms with E-state index in [4.69, 9.17) is 4.74 Å². The summed E-state index contributed by atoms with van der Waals surface area (Å²) in [7, 11) is 0. The van der Waals surface area contributed by atoms with Gasteiger partial charge in [-0.1, -0.05) is 0 Å². The molecule has 2 aliphatic rings. The maximum absolute atomic E-state index is 11.7.